The fraction of sp³-hybridized carbons (Fsp3) is 0.526. The van der Waals surface area contributed by atoms with E-state index in [1.807, 2.05) is 0 Å². The Morgan fingerprint density at radius 3 is 2.25 bits per heavy atom. The van der Waals surface area contributed by atoms with E-state index in [0.29, 0.717) is 0 Å². The van der Waals surface area contributed by atoms with Gasteiger partial charge in [-0.25, -0.2) is 8.78 Å². The van der Waals surface area contributed by atoms with Gasteiger partial charge in [-0.1, -0.05) is 39.2 Å². The van der Waals surface area contributed by atoms with Crippen molar-refractivity contribution in [2.45, 2.75) is 58.0 Å². The SMILES string of the molecule is CC(C)[C@@H](NC(=O)c1c(F)cccc1F)C(=O)NNC(=S)NC1CCCCC1. The second-order valence-corrected chi connectivity index (χ2v) is 7.62. The van der Waals surface area contributed by atoms with Gasteiger partial charge in [0.15, 0.2) is 5.11 Å². The molecule has 0 saturated heterocycles. The number of amides is 2. The van der Waals surface area contributed by atoms with Crippen molar-refractivity contribution in [2.24, 2.45) is 5.92 Å². The van der Waals surface area contributed by atoms with Crippen LogP contribution in [0.4, 0.5) is 8.78 Å². The first-order valence-corrected chi connectivity index (χ1v) is 9.81. The Bertz CT molecular complexity index is 704. The molecule has 0 aliphatic heterocycles. The lowest BCUT2D eigenvalue weighted by molar-refractivity contribution is -0.124. The molecule has 0 spiro atoms. The normalized spacial score (nSPS) is 15.6. The quantitative estimate of drug-likeness (QED) is 0.441. The number of nitrogens with one attached hydrogen (secondary N) is 4. The van der Waals surface area contributed by atoms with Gasteiger partial charge in [-0.15, -0.1) is 0 Å². The van der Waals surface area contributed by atoms with Crippen LogP contribution in [-0.2, 0) is 4.79 Å². The van der Waals surface area contributed by atoms with Crippen molar-refractivity contribution < 1.29 is 18.4 Å². The predicted octanol–water partition coefficient (Wildman–Crippen LogP) is 2.55. The van der Waals surface area contributed by atoms with Crippen molar-refractivity contribution in [1.82, 2.24) is 21.5 Å². The lowest BCUT2D eigenvalue weighted by Gasteiger charge is -2.26. The summed E-state index contributed by atoms with van der Waals surface area (Å²) in [6.45, 7) is 3.42. The molecule has 28 heavy (non-hydrogen) atoms. The summed E-state index contributed by atoms with van der Waals surface area (Å²) in [5, 5.41) is 5.81. The van der Waals surface area contributed by atoms with Gasteiger partial charge < -0.3 is 10.6 Å². The molecule has 1 aliphatic rings. The second kappa shape index (κ2) is 10.3. The van der Waals surface area contributed by atoms with Crippen molar-refractivity contribution in [3.05, 3.63) is 35.4 Å². The van der Waals surface area contributed by atoms with E-state index >= 15 is 0 Å². The van der Waals surface area contributed by atoms with E-state index in [2.05, 4.69) is 21.5 Å². The first kappa shape index (κ1) is 22.0. The number of thiocarbonyl (C=S) groups is 1. The highest BCUT2D eigenvalue weighted by Gasteiger charge is 2.27. The van der Waals surface area contributed by atoms with Gasteiger partial charge in [-0.3, -0.25) is 20.4 Å². The molecule has 0 unspecified atom stereocenters. The Morgan fingerprint density at radius 1 is 1.07 bits per heavy atom. The maximum absolute atomic E-state index is 13.8. The van der Waals surface area contributed by atoms with Crippen LogP contribution in [0.5, 0.6) is 0 Å². The third kappa shape index (κ3) is 6.12. The van der Waals surface area contributed by atoms with Crippen LogP contribution in [0.2, 0.25) is 0 Å². The second-order valence-electron chi connectivity index (χ2n) is 7.21. The summed E-state index contributed by atoms with van der Waals surface area (Å²) in [4.78, 5) is 24.7. The molecule has 0 aromatic heterocycles. The number of carbonyl (C=O) groups is 2. The van der Waals surface area contributed by atoms with Gasteiger partial charge in [0.2, 0.25) is 0 Å². The molecule has 2 rings (SSSR count). The molecule has 6 nitrogen and oxygen atoms in total. The standard InChI is InChI=1S/C19H26F2N4O2S/c1-11(2)16(23-17(26)15-13(20)9-6-10-14(15)21)18(27)24-25-19(28)22-12-7-4-3-5-8-12/h6,9-12,16H,3-5,7-8H2,1-2H3,(H,23,26)(H,24,27)(H2,22,25,28)/t16-/m1/s1. The van der Waals surface area contributed by atoms with Crippen molar-refractivity contribution in [3.8, 4) is 0 Å². The topological polar surface area (TPSA) is 82.3 Å². The third-order valence-corrected chi connectivity index (χ3v) is 4.89. The molecule has 154 valence electrons. The number of rotatable bonds is 5. The largest absolute Gasteiger partial charge is 0.359 e. The predicted molar refractivity (Wildman–Crippen MR) is 106 cm³/mol. The number of carbonyl (C=O) groups excluding carboxylic acids is 2. The smallest absolute Gasteiger partial charge is 0.261 e. The lowest BCUT2D eigenvalue weighted by atomic mass is 9.96. The average molecular weight is 413 g/mol. The highest BCUT2D eigenvalue weighted by Crippen LogP contribution is 2.17. The third-order valence-electron chi connectivity index (χ3n) is 4.67. The Labute approximate surface area is 168 Å². The Kier molecular flexibility index (Phi) is 8.10. The number of hydrazine groups is 1. The first-order valence-electron chi connectivity index (χ1n) is 9.40. The zero-order chi connectivity index (χ0) is 20.7. The summed E-state index contributed by atoms with van der Waals surface area (Å²) in [5.74, 6) is -3.85. The molecular formula is C19H26F2N4O2S. The maximum atomic E-state index is 13.8. The molecule has 1 aliphatic carbocycles. The molecule has 0 radical (unpaired) electrons. The number of halogens is 2. The van der Waals surface area contributed by atoms with Gasteiger partial charge in [0.05, 0.1) is 0 Å². The first-order chi connectivity index (χ1) is 13.3. The number of hydrogen-bond donors (Lipinski definition) is 4. The van der Waals surface area contributed by atoms with Crippen molar-refractivity contribution in [2.75, 3.05) is 0 Å². The molecule has 4 N–H and O–H groups in total. The van der Waals surface area contributed by atoms with E-state index in [-0.39, 0.29) is 17.1 Å². The Hall–Kier alpha value is -2.29. The van der Waals surface area contributed by atoms with Crippen LogP contribution in [-0.4, -0.2) is 29.0 Å². The van der Waals surface area contributed by atoms with Gasteiger partial charge in [0.25, 0.3) is 11.8 Å². The van der Waals surface area contributed by atoms with E-state index in [9.17, 15) is 18.4 Å². The minimum atomic E-state index is -1.00. The van der Waals surface area contributed by atoms with Gasteiger partial charge >= 0.3 is 0 Å². The summed E-state index contributed by atoms with van der Waals surface area (Å²) < 4.78 is 27.6. The molecule has 1 atom stereocenters. The number of benzene rings is 1. The molecule has 0 bridgehead atoms. The van der Waals surface area contributed by atoms with Crippen molar-refractivity contribution in [1.29, 1.82) is 0 Å². The van der Waals surface area contributed by atoms with E-state index in [4.69, 9.17) is 12.2 Å². The summed E-state index contributed by atoms with van der Waals surface area (Å²) in [5.41, 5.74) is 4.35. The van der Waals surface area contributed by atoms with Gasteiger partial charge in [-0.2, -0.15) is 0 Å². The van der Waals surface area contributed by atoms with Crippen LogP contribution < -0.4 is 21.5 Å². The van der Waals surface area contributed by atoms with Crippen LogP contribution in [0.15, 0.2) is 18.2 Å². The van der Waals surface area contributed by atoms with Gasteiger partial charge in [-0.05, 0) is 43.1 Å². The molecule has 0 heterocycles. The van der Waals surface area contributed by atoms with Gasteiger partial charge in [0, 0.05) is 6.04 Å². The fourth-order valence-electron chi connectivity index (χ4n) is 3.13. The van der Waals surface area contributed by atoms with E-state index in [0.717, 1.165) is 43.9 Å². The van der Waals surface area contributed by atoms with Crippen molar-refractivity contribution in [3.63, 3.8) is 0 Å². The fourth-order valence-corrected chi connectivity index (χ4v) is 3.35. The molecule has 1 aromatic carbocycles. The van der Waals surface area contributed by atoms with E-state index in [1.54, 1.807) is 13.8 Å². The van der Waals surface area contributed by atoms with Crippen LogP contribution in [0.25, 0.3) is 0 Å². The molecule has 1 aromatic rings. The Balaban J connectivity index is 1.92. The monoisotopic (exact) mass is 412 g/mol. The summed E-state index contributed by atoms with van der Waals surface area (Å²) in [6, 6.07) is 2.41. The lowest BCUT2D eigenvalue weighted by Crippen LogP contribution is -2.56. The van der Waals surface area contributed by atoms with Crippen molar-refractivity contribution >= 4 is 29.1 Å². The summed E-state index contributed by atoms with van der Waals surface area (Å²) >= 11 is 5.18. The minimum Gasteiger partial charge on any atom is -0.359 e. The molecule has 9 heteroatoms. The average Bonchev–Trinajstić information content (AvgIpc) is 2.64. The molecule has 2 amide bonds. The molecule has 1 saturated carbocycles. The zero-order valence-corrected chi connectivity index (χ0v) is 16.8. The van der Waals surface area contributed by atoms with Crippen LogP contribution in [0, 0.1) is 17.6 Å². The summed E-state index contributed by atoms with van der Waals surface area (Å²) in [7, 11) is 0. The molecular weight excluding hydrogens is 386 g/mol. The van der Waals surface area contributed by atoms with Crippen LogP contribution in [0.3, 0.4) is 0 Å². The maximum Gasteiger partial charge on any atom is 0.261 e. The highest BCUT2D eigenvalue weighted by atomic mass is 32.1. The summed E-state index contributed by atoms with van der Waals surface area (Å²) in [6.07, 6.45) is 5.54. The van der Waals surface area contributed by atoms with E-state index < -0.39 is 35.1 Å². The van der Waals surface area contributed by atoms with Crippen LogP contribution in [0.1, 0.15) is 56.3 Å². The zero-order valence-electron chi connectivity index (χ0n) is 16.0. The highest BCUT2D eigenvalue weighted by molar-refractivity contribution is 7.80. The minimum absolute atomic E-state index is 0.273. The molecule has 1 fully saturated rings. The van der Waals surface area contributed by atoms with E-state index in [1.165, 1.54) is 6.42 Å². The van der Waals surface area contributed by atoms with Gasteiger partial charge in [0.1, 0.15) is 23.2 Å². The van der Waals surface area contributed by atoms with Crippen LogP contribution >= 0.6 is 12.2 Å². The Morgan fingerprint density at radius 2 is 1.68 bits per heavy atom. The number of hydrogen-bond acceptors (Lipinski definition) is 3.